The maximum absolute atomic E-state index is 10.8. The van der Waals surface area contributed by atoms with Crippen LogP contribution in [0.3, 0.4) is 0 Å². The Hall–Kier alpha value is -3.06. The van der Waals surface area contributed by atoms with Crippen molar-refractivity contribution in [2.45, 2.75) is 12.5 Å². The van der Waals surface area contributed by atoms with Crippen LogP contribution in [0.2, 0.25) is 0 Å². The van der Waals surface area contributed by atoms with Crippen molar-refractivity contribution in [1.29, 1.82) is 0 Å². The molecule has 2 aromatic rings. The third kappa shape index (κ3) is 2.24. The summed E-state index contributed by atoms with van der Waals surface area (Å²) in [6, 6.07) is 3.73. The minimum absolute atomic E-state index is 0.103. The molecule has 2 aromatic carbocycles. The standard InChI is InChI=1S/C20H18O7/c1-22-19-15-10(6-13-17(19)26-8-24-13)4-3-5-12(21)11-7-14-18(27-9-25-14)20(23-2)16(11)15/h3,5-7,12,21H,4,8-9H2,1-2H3/b5-3-. The van der Waals surface area contributed by atoms with E-state index in [0.29, 0.717) is 52.0 Å². The first-order valence-electron chi connectivity index (χ1n) is 8.58. The van der Waals surface area contributed by atoms with Gasteiger partial charge in [-0.05, 0) is 29.7 Å². The van der Waals surface area contributed by atoms with Crippen molar-refractivity contribution < 1.29 is 33.5 Å². The average molecular weight is 370 g/mol. The maximum atomic E-state index is 10.8. The predicted octanol–water partition coefficient (Wildman–Crippen LogP) is 2.97. The van der Waals surface area contributed by atoms with E-state index in [-0.39, 0.29) is 13.6 Å². The minimum Gasteiger partial charge on any atom is -0.492 e. The molecule has 7 nitrogen and oxygen atoms in total. The molecule has 1 N–H and O–H groups in total. The van der Waals surface area contributed by atoms with E-state index in [1.807, 2.05) is 12.1 Å². The van der Waals surface area contributed by atoms with Gasteiger partial charge in [-0.1, -0.05) is 12.2 Å². The van der Waals surface area contributed by atoms with Gasteiger partial charge in [0.05, 0.1) is 20.3 Å². The highest BCUT2D eigenvalue weighted by atomic mass is 16.7. The topological polar surface area (TPSA) is 75.6 Å². The number of methoxy groups -OCH3 is 2. The molecule has 2 heterocycles. The summed E-state index contributed by atoms with van der Waals surface area (Å²) in [5.41, 5.74) is 3.10. The molecule has 3 aliphatic rings. The first-order chi connectivity index (χ1) is 13.2. The van der Waals surface area contributed by atoms with E-state index in [1.165, 1.54) is 0 Å². The Balaban J connectivity index is 1.91. The van der Waals surface area contributed by atoms with E-state index >= 15 is 0 Å². The van der Waals surface area contributed by atoms with Crippen LogP contribution in [0.5, 0.6) is 34.5 Å². The van der Waals surface area contributed by atoms with Crippen LogP contribution in [0, 0.1) is 0 Å². The van der Waals surface area contributed by atoms with Crippen molar-refractivity contribution in [2.24, 2.45) is 0 Å². The summed E-state index contributed by atoms with van der Waals surface area (Å²) in [4.78, 5) is 0. The van der Waals surface area contributed by atoms with Crippen molar-refractivity contribution >= 4 is 0 Å². The summed E-state index contributed by atoms with van der Waals surface area (Å²) in [5, 5.41) is 10.8. The van der Waals surface area contributed by atoms with Gasteiger partial charge in [0.1, 0.15) is 0 Å². The second kappa shape index (κ2) is 5.99. The van der Waals surface area contributed by atoms with Gasteiger partial charge in [-0.25, -0.2) is 0 Å². The highest BCUT2D eigenvalue weighted by Gasteiger charge is 2.34. The van der Waals surface area contributed by atoms with Crippen LogP contribution in [-0.4, -0.2) is 32.9 Å². The molecule has 5 rings (SSSR count). The number of benzene rings is 2. The normalized spacial score (nSPS) is 19.6. The summed E-state index contributed by atoms with van der Waals surface area (Å²) in [5.74, 6) is 3.27. The van der Waals surface area contributed by atoms with Crippen molar-refractivity contribution in [1.82, 2.24) is 0 Å². The molecule has 1 atom stereocenters. The van der Waals surface area contributed by atoms with E-state index in [2.05, 4.69) is 0 Å². The summed E-state index contributed by atoms with van der Waals surface area (Å²) in [6.45, 7) is 0.240. The summed E-state index contributed by atoms with van der Waals surface area (Å²) >= 11 is 0. The molecular weight excluding hydrogens is 352 g/mol. The fourth-order valence-corrected chi connectivity index (χ4v) is 3.84. The first kappa shape index (κ1) is 16.1. The fourth-order valence-electron chi connectivity index (χ4n) is 3.84. The van der Waals surface area contributed by atoms with E-state index in [9.17, 15) is 5.11 Å². The minimum atomic E-state index is -0.827. The first-order valence-corrected chi connectivity index (χ1v) is 8.58. The maximum Gasteiger partial charge on any atom is 0.231 e. The van der Waals surface area contributed by atoms with Crippen LogP contribution in [0.1, 0.15) is 17.2 Å². The summed E-state index contributed by atoms with van der Waals surface area (Å²) in [6.07, 6.45) is 3.44. The van der Waals surface area contributed by atoms with Gasteiger partial charge in [-0.2, -0.15) is 0 Å². The molecule has 1 unspecified atom stereocenters. The Morgan fingerprint density at radius 2 is 1.52 bits per heavy atom. The number of rotatable bonds is 2. The number of aliphatic hydroxyl groups excluding tert-OH is 1. The quantitative estimate of drug-likeness (QED) is 0.815. The van der Waals surface area contributed by atoms with Crippen molar-refractivity contribution in [3.8, 4) is 45.6 Å². The van der Waals surface area contributed by atoms with Gasteiger partial charge in [0, 0.05) is 11.1 Å². The van der Waals surface area contributed by atoms with Gasteiger partial charge in [-0.15, -0.1) is 0 Å². The monoisotopic (exact) mass is 370 g/mol. The van der Waals surface area contributed by atoms with Crippen LogP contribution in [0.15, 0.2) is 24.3 Å². The van der Waals surface area contributed by atoms with Gasteiger partial charge >= 0.3 is 0 Å². The van der Waals surface area contributed by atoms with Crippen molar-refractivity contribution in [3.05, 3.63) is 35.4 Å². The second-order valence-electron chi connectivity index (χ2n) is 6.36. The van der Waals surface area contributed by atoms with Crippen LogP contribution < -0.4 is 28.4 Å². The van der Waals surface area contributed by atoms with Crippen LogP contribution in [-0.2, 0) is 6.42 Å². The van der Waals surface area contributed by atoms with Crippen LogP contribution >= 0.6 is 0 Å². The number of allylic oxidation sites excluding steroid dienone is 1. The Kier molecular flexibility index (Phi) is 3.58. The molecule has 0 bridgehead atoms. The molecule has 0 aromatic heterocycles. The van der Waals surface area contributed by atoms with Crippen molar-refractivity contribution in [2.75, 3.05) is 27.8 Å². The highest BCUT2D eigenvalue weighted by Crippen LogP contribution is 2.57. The largest absolute Gasteiger partial charge is 0.492 e. The van der Waals surface area contributed by atoms with E-state index in [4.69, 9.17) is 28.4 Å². The molecule has 0 saturated heterocycles. The summed E-state index contributed by atoms with van der Waals surface area (Å²) < 4.78 is 33.8. The number of hydrogen-bond donors (Lipinski definition) is 1. The third-order valence-corrected chi connectivity index (χ3v) is 4.98. The van der Waals surface area contributed by atoms with E-state index < -0.39 is 6.10 Å². The lowest BCUT2D eigenvalue weighted by Gasteiger charge is -2.24. The molecule has 0 fully saturated rings. The lowest BCUT2D eigenvalue weighted by Crippen LogP contribution is -2.06. The molecule has 140 valence electrons. The number of ether oxygens (including phenoxy) is 6. The number of fused-ring (bicyclic) bond motifs is 5. The molecule has 0 amide bonds. The Morgan fingerprint density at radius 3 is 2.19 bits per heavy atom. The van der Waals surface area contributed by atoms with Gasteiger partial charge in [-0.3, -0.25) is 0 Å². The zero-order valence-corrected chi connectivity index (χ0v) is 14.9. The SMILES string of the molecule is COc1c2c(cc3c1-c1c(cc4c(c1OC)OCO4)C(O)/C=C\C3)OCO2. The molecule has 0 spiro atoms. The average Bonchev–Trinajstić information content (AvgIpc) is 3.33. The molecule has 1 aliphatic carbocycles. The van der Waals surface area contributed by atoms with Gasteiger partial charge in [0.15, 0.2) is 23.0 Å². The van der Waals surface area contributed by atoms with E-state index in [1.54, 1.807) is 26.4 Å². The number of aliphatic hydroxyl groups is 1. The lowest BCUT2D eigenvalue weighted by molar-refractivity contribution is 0.170. The van der Waals surface area contributed by atoms with Gasteiger partial charge < -0.3 is 33.5 Å². The molecule has 27 heavy (non-hydrogen) atoms. The van der Waals surface area contributed by atoms with Gasteiger partial charge in [0.25, 0.3) is 0 Å². The Labute approximate surface area is 155 Å². The number of hydrogen-bond acceptors (Lipinski definition) is 7. The summed E-state index contributed by atoms with van der Waals surface area (Å²) in [7, 11) is 3.15. The highest BCUT2D eigenvalue weighted by molar-refractivity contribution is 5.89. The van der Waals surface area contributed by atoms with Crippen LogP contribution in [0.25, 0.3) is 11.1 Å². The second-order valence-corrected chi connectivity index (χ2v) is 6.36. The zero-order chi connectivity index (χ0) is 18.5. The Morgan fingerprint density at radius 1 is 0.889 bits per heavy atom. The van der Waals surface area contributed by atoms with Gasteiger partial charge in [0.2, 0.25) is 25.1 Å². The molecular formula is C20H18O7. The molecule has 7 heteroatoms. The third-order valence-electron chi connectivity index (χ3n) is 4.98. The molecule has 0 saturated carbocycles. The zero-order valence-electron chi connectivity index (χ0n) is 14.9. The van der Waals surface area contributed by atoms with Crippen molar-refractivity contribution in [3.63, 3.8) is 0 Å². The molecule has 0 radical (unpaired) electrons. The van der Waals surface area contributed by atoms with E-state index in [0.717, 1.165) is 11.1 Å². The fraction of sp³-hybridized carbons (Fsp3) is 0.300. The van der Waals surface area contributed by atoms with Crippen LogP contribution in [0.4, 0.5) is 0 Å². The smallest absolute Gasteiger partial charge is 0.231 e. The Bertz CT molecular complexity index is 964. The lowest BCUT2D eigenvalue weighted by atomic mass is 9.87. The predicted molar refractivity (Wildman–Crippen MR) is 95.0 cm³/mol. The molecule has 2 aliphatic heterocycles.